The van der Waals surface area contributed by atoms with Crippen LogP contribution in [0, 0.1) is 22.7 Å². The number of aliphatic hydroxyl groups excluding tert-OH is 1. The molecule has 0 heterocycles. The Kier molecular flexibility index (Phi) is 4.37. The van der Waals surface area contributed by atoms with Gasteiger partial charge in [0, 0.05) is 0 Å². The minimum Gasteiger partial charge on any atom is -0.516 e. The van der Waals surface area contributed by atoms with Gasteiger partial charge < -0.3 is 5.11 Å². The lowest BCUT2D eigenvalue weighted by Gasteiger charge is -2.58. The molecule has 0 aromatic carbocycles. The van der Waals surface area contributed by atoms with Gasteiger partial charge in [-0.05, 0) is 73.7 Å². The molecule has 0 amide bonds. The van der Waals surface area contributed by atoms with Crippen molar-refractivity contribution in [1.82, 2.24) is 0 Å². The van der Waals surface area contributed by atoms with Gasteiger partial charge in [-0.25, -0.2) is 0 Å². The summed E-state index contributed by atoms with van der Waals surface area (Å²) in [7, 11) is 0. The molecule has 0 spiro atoms. The third kappa shape index (κ3) is 2.69. The van der Waals surface area contributed by atoms with Gasteiger partial charge in [0.1, 0.15) is 0 Å². The SMILES string of the molecule is C=C1CC[C@H]2C(C)(C)CCC[C@]2(C)[C@H]1CCC(C)=CO. The third-order valence-electron chi connectivity index (χ3n) is 6.37. The molecule has 0 unspecified atom stereocenters. The number of hydrogen-bond acceptors (Lipinski definition) is 1. The van der Waals surface area contributed by atoms with Crippen LogP contribution in [0.1, 0.15) is 72.6 Å². The second-order valence-electron chi connectivity index (χ2n) is 8.16. The van der Waals surface area contributed by atoms with Gasteiger partial charge in [0.05, 0.1) is 6.26 Å². The first kappa shape index (κ1) is 15.7. The van der Waals surface area contributed by atoms with Crippen molar-refractivity contribution in [2.75, 3.05) is 0 Å². The highest BCUT2D eigenvalue weighted by Crippen LogP contribution is 2.61. The van der Waals surface area contributed by atoms with Crippen LogP contribution in [0.2, 0.25) is 0 Å². The van der Waals surface area contributed by atoms with Crippen LogP contribution in [0.5, 0.6) is 0 Å². The fourth-order valence-electron chi connectivity index (χ4n) is 5.24. The van der Waals surface area contributed by atoms with E-state index in [1.165, 1.54) is 43.9 Å². The van der Waals surface area contributed by atoms with Crippen molar-refractivity contribution in [1.29, 1.82) is 0 Å². The minimum atomic E-state index is 0.423. The molecule has 0 saturated heterocycles. The molecule has 0 aromatic heterocycles. The maximum Gasteiger partial charge on any atom is 0.0780 e. The van der Waals surface area contributed by atoms with Crippen LogP contribution in [0.25, 0.3) is 0 Å². The van der Waals surface area contributed by atoms with Crippen molar-refractivity contribution in [3.63, 3.8) is 0 Å². The molecule has 2 fully saturated rings. The summed E-state index contributed by atoms with van der Waals surface area (Å²) in [5.41, 5.74) is 3.46. The first-order chi connectivity index (χ1) is 9.31. The minimum absolute atomic E-state index is 0.423. The molecule has 1 heteroatoms. The van der Waals surface area contributed by atoms with E-state index in [1.807, 2.05) is 6.92 Å². The monoisotopic (exact) mass is 276 g/mol. The number of hydrogen-bond donors (Lipinski definition) is 1. The van der Waals surface area contributed by atoms with Crippen LogP contribution in [0.15, 0.2) is 24.0 Å². The average molecular weight is 276 g/mol. The van der Waals surface area contributed by atoms with E-state index in [2.05, 4.69) is 27.4 Å². The molecule has 20 heavy (non-hydrogen) atoms. The molecule has 0 bridgehead atoms. The summed E-state index contributed by atoms with van der Waals surface area (Å²) in [5.74, 6) is 1.47. The van der Waals surface area contributed by atoms with E-state index < -0.39 is 0 Å². The molecule has 2 aliphatic carbocycles. The summed E-state index contributed by atoms with van der Waals surface area (Å²) in [6, 6.07) is 0. The van der Waals surface area contributed by atoms with E-state index in [0.717, 1.165) is 24.3 Å². The summed E-state index contributed by atoms with van der Waals surface area (Å²) < 4.78 is 0. The molecule has 0 radical (unpaired) electrons. The molecule has 0 aromatic rings. The lowest BCUT2D eigenvalue weighted by atomic mass is 9.47. The van der Waals surface area contributed by atoms with Gasteiger partial charge in [-0.3, -0.25) is 0 Å². The fraction of sp³-hybridized carbons (Fsp3) is 0.789. The lowest BCUT2D eigenvalue weighted by Crippen LogP contribution is -2.49. The number of rotatable bonds is 3. The van der Waals surface area contributed by atoms with E-state index >= 15 is 0 Å². The van der Waals surface area contributed by atoms with Crippen LogP contribution < -0.4 is 0 Å². The Balaban J connectivity index is 2.22. The smallest absolute Gasteiger partial charge is 0.0780 e. The summed E-state index contributed by atoms with van der Waals surface area (Å²) in [5, 5.41) is 9.13. The van der Waals surface area contributed by atoms with Crippen LogP contribution >= 0.6 is 0 Å². The van der Waals surface area contributed by atoms with Gasteiger partial charge >= 0.3 is 0 Å². The maximum absolute atomic E-state index is 9.13. The molecule has 1 nitrogen and oxygen atoms in total. The molecule has 2 saturated carbocycles. The lowest BCUT2D eigenvalue weighted by molar-refractivity contribution is -0.0539. The predicted molar refractivity (Wildman–Crippen MR) is 86.7 cm³/mol. The molecule has 0 aliphatic heterocycles. The van der Waals surface area contributed by atoms with Gasteiger partial charge in [0.15, 0.2) is 0 Å². The largest absolute Gasteiger partial charge is 0.516 e. The predicted octanol–water partition coefficient (Wildman–Crippen LogP) is 6.03. The Labute approximate surface area is 125 Å². The van der Waals surface area contributed by atoms with E-state index in [4.69, 9.17) is 5.11 Å². The summed E-state index contributed by atoms with van der Waals surface area (Å²) >= 11 is 0. The van der Waals surface area contributed by atoms with Crippen molar-refractivity contribution >= 4 is 0 Å². The molecular weight excluding hydrogens is 244 g/mol. The van der Waals surface area contributed by atoms with E-state index in [9.17, 15) is 0 Å². The zero-order valence-electron chi connectivity index (χ0n) is 13.8. The van der Waals surface area contributed by atoms with Gasteiger partial charge in [0.25, 0.3) is 0 Å². The zero-order valence-corrected chi connectivity index (χ0v) is 13.8. The number of aliphatic hydroxyl groups is 1. The standard InChI is InChI=1S/C19H32O/c1-14(13-20)7-9-16-15(2)8-10-17-18(3,4)11-6-12-19(16,17)5/h13,16-17,20H,2,6-12H2,1,3-5H3/t16-,17-,19+/m0/s1. The Bertz CT molecular complexity index is 404. The highest BCUT2D eigenvalue weighted by Gasteiger charge is 2.52. The summed E-state index contributed by atoms with van der Waals surface area (Å²) in [6.45, 7) is 13.9. The maximum atomic E-state index is 9.13. The van der Waals surface area contributed by atoms with Crippen molar-refractivity contribution in [3.05, 3.63) is 24.0 Å². The van der Waals surface area contributed by atoms with Crippen molar-refractivity contribution in [3.8, 4) is 0 Å². The second-order valence-corrected chi connectivity index (χ2v) is 8.16. The van der Waals surface area contributed by atoms with Crippen molar-refractivity contribution < 1.29 is 5.11 Å². The first-order valence-corrected chi connectivity index (χ1v) is 8.29. The zero-order chi connectivity index (χ0) is 15.0. The fourth-order valence-corrected chi connectivity index (χ4v) is 5.24. The highest BCUT2D eigenvalue weighted by atomic mass is 16.2. The summed E-state index contributed by atoms with van der Waals surface area (Å²) in [4.78, 5) is 0. The first-order valence-electron chi connectivity index (χ1n) is 8.29. The Morgan fingerprint density at radius 3 is 2.70 bits per heavy atom. The molecule has 114 valence electrons. The molecule has 2 rings (SSSR count). The molecule has 2 aliphatic rings. The van der Waals surface area contributed by atoms with Crippen LogP contribution in [-0.4, -0.2) is 5.11 Å². The van der Waals surface area contributed by atoms with Gasteiger partial charge in [0.2, 0.25) is 0 Å². The second kappa shape index (κ2) is 5.58. The van der Waals surface area contributed by atoms with Gasteiger partial charge in [-0.2, -0.15) is 0 Å². The molecule has 1 N–H and O–H groups in total. The number of fused-ring (bicyclic) bond motifs is 1. The van der Waals surface area contributed by atoms with Gasteiger partial charge in [-0.1, -0.05) is 39.3 Å². The topological polar surface area (TPSA) is 20.2 Å². The Hall–Kier alpha value is -0.720. The molecular formula is C19H32O. The summed E-state index contributed by atoms with van der Waals surface area (Å²) in [6.07, 6.45) is 10.1. The van der Waals surface area contributed by atoms with Gasteiger partial charge in [-0.15, -0.1) is 0 Å². The van der Waals surface area contributed by atoms with Crippen LogP contribution in [-0.2, 0) is 0 Å². The Morgan fingerprint density at radius 1 is 1.35 bits per heavy atom. The van der Waals surface area contributed by atoms with Crippen LogP contribution in [0.4, 0.5) is 0 Å². The number of allylic oxidation sites excluding steroid dienone is 2. The quantitative estimate of drug-likeness (QED) is 0.493. The van der Waals surface area contributed by atoms with E-state index in [-0.39, 0.29) is 0 Å². The van der Waals surface area contributed by atoms with Crippen molar-refractivity contribution in [2.24, 2.45) is 22.7 Å². The Morgan fingerprint density at radius 2 is 2.05 bits per heavy atom. The highest BCUT2D eigenvalue weighted by molar-refractivity contribution is 5.16. The van der Waals surface area contributed by atoms with E-state index in [1.54, 1.807) is 0 Å². The average Bonchev–Trinajstić information content (AvgIpc) is 2.36. The van der Waals surface area contributed by atoms with Crippen LogP contribution in [0.3, 0.4) is 0 Å². The molecule has 3 atom stereocenters. The van der Waals surface area contributed by atoms with Crippen molar-refractivity contribution in [2.45, 2.75) is 72.6 Å². The normalized spacial score (nSPS) is 37.6. The third-order valence-corrected chi connectivity index (χ3v) is 6.37. The van der Waals surface area contributed by atoms with E-state index in [0.29, 0.717) is 16.7 Å².